The van der Waals surface area contributed by atoms with Crippen LogP contribution in [0.1, 0.15) is 12.8 Å². The van der Waals surface area contributed by atoms with Gasteiger partial charge in [-0.05, 0) is 0 Å². The average molecular weight is 449 g/mol. The van der Waals surface area contributed by atoms with Crippen molar-refractivity contribution in [3.8, 4) is 0 Å². The molecule has 10 heteroatoms. The van der Waals surface area contributed by atoms with E-state index >= 15 is 0 Å². The first-order valence-corrected chi connectivity index (χ1v) is 8.41. The fourth-order valence-corrected chi connectivity index (χ4v) is 2.56. The molecule has 20 heavy (non-hydrogen) atoms. The molecule has 0 aromatic rings. The molecule has 2 atom stereocenters. The van der Waals surface area contributed by atoms with E-state index < -0.39 is 12.0 Å². The summed E-state index contributed by atoms with van der Waals surface area (Å²) >= 11 is 14.6. The van der Waals surface area contributed by atoms with E-state index in [9.17, 15) is 4.79 Å². The van der Waals surface area contributed by atoms with Crippen LogP contribution in [0.4, 0.5) is 0 Å². The van der Waals surface area contributed by atoms with Crippen LogP contribution in [-0.4, -0.2) is 85.8 Å². The van der Waals surface area contributed by atoms with Crippen LogP contribution in [0.15, 0.2) is 0 Å². The van der Waals surface area contributed by atoms with Gasteiger partial charge >= 0.3 is 145 Å². The molecule has 0 aromatic carbocycles. The van der Waals surface area contributed by atoms with E-state index in [-0.39, 0.29) is 17.2 Å². The SMILES string of the molecule is N[C@@H](CCC(=[Se])N[C@@H](CS)C(=S)NCC(=O)O)C(O)=[Se]. The number of hydrogen-bond acceptors (Lipinski definition) is 6. The molecule has 6 nitrogen and oxygen atoms in total. The van der Waals surface area contributed by atoms with Crippen molar-refractivity contribution in [1.82, 2.24) is 10.6 Å². The van der Waals surface area contributed by atoms with Gasteiger partial charge in [-0.25, -0.2) is 0 Å². The maximum absolute atomic E-state index is 10.5. The minimum atomic E-state index is -0.978. The van der Waals surface area contributed by atoms with Crippen LogP contribution in [0.2, 0.25) is 0 Å². The Kier molecular flexibility index (Phi) is 10.8. The van der Waals surface area contributed by atoms with E-state index in [1.807, 2.05) is 0 Å². The number of thiocarbonyl (C=S) groups is 1. The molecule has 0 aliphatic heterocycles. The Labute approximate surface area is 144 Å². The van der Waals surface area contributed by atoms with Gasteiger partial charge in [-0.2, -0.15) is 0 Å². The van der Waals surface area contributed by atoms with E-state index in [1.54, 1.807) is 0 Å². The first-order valence-electron chi connectivity index (χ1n) is 5.66. The third-order valence-corrected chi connectivity index (χ3v) is 4.35. The number of thiol groups is 1. The van der Waals surface area contributed by atoms with Gasteiger partial charge in [-0.15, -0.1) is 0 Å². The van der Waals surface area contributed by atoms with Crippen molar-refractivity contribution in [3.63, 3.8) is 0 Å². The van der Waals surface area contributed by atoms with E-state index in [1.165, 1.54) is 0 Å². The molecule has 0 heterocycles. The molecule has 0 fully saturated rings. The van der Waals surface area contributed by atoms with Crippen LogP contribution < -0.4 is 16.4 Å². The predicted octanol–water partition coefficient (Wildman–Crippen LogP) is -2.05. The zero-order valence-electron chi connectivity index (χ0n) is 10.5. The van der Waals surface area contributed by atoms with Gasteiger partial charge in [-0.3, -0.25) is 0 Å². The first-order chi connectivity index (χ1) is 9.27. The predicted molar refractivity (Wildman–Crippen MR) is 89.7 cm³/mol. The number of carboxylic acids is 1. The van der Waals surface area contributed by atoms with Gasteiger partial charge < -0.3 is 0 Å². The number of carboxylic acid groups (broad SMARTS) is 1. The van der Waals surface area contributed by atoms with Crippen molar-refractivity contribution in [2.45, 2.75) is 24.9 Å². The van der Waals surface area contributed by atoms with Gasteiger partial charge in [0.15, 0.2) is 0 Å². The van der Waals surface area contributed by atoms with Crippen molar-refractivity contribution in [2.24, 2.45) is 5.73 Å². The van der Waals surface area contributed by atoms with E-state index in [2.05, 4.69) is 54.4 Å². The first kappa shape index (κ1) is 20.0. The van der Waals surface area contributed by atoms with Crippen molar-refractivity contribution in [2.75, 3.05) is 12.3 Å². The van der Waals surface area contributed by atoms with Crippen molar-refractivity contribution in [1.29, 1.82) is 0 Å². The standard InChI is InChI=1S/C10H17N3O3S2Se2/c11-5(10(16)20)1-2-7(19)13-6(4-17)9(18)12-3-8(14)15/h5-6,17H,1-4,11H2,(H,12,18)(H,13,19)(H,14,15)(H,16,20)/t5-,6-/m0/s1. The number of nitrogens with two attached hydrogens (primary N) is 1. The zero-order chi connectivity index (χ0) is 15.7. The summed E-state index contributed by atoms with van der Waals surface area (Å²) in [7, 11) is 0. The van der Waals surface area contributed by atoms with Crippen LogP contribution in [-0.2, 0) is 4.79 Å². The van der Waals surface area contributed by atoms with Gasteiger partial charge in [0.25, 0.3) is 0 Å². The fourth-order valence-electron chi connectivity index (χ4n) is 1.16. The number of nitrogens with one attached hydrogen (secondary N) is 2. The van der Waals surface area contributed by atoms with Crippen molar-refractivity contribution in [3.05, 3.63) is 0 Å². The van der Waals surface area contributed by atoms with E-state index in [4.69, 9.17) is 28.2 Å². The number of hydrogen-bond donors (Lipinski definition) is 6. The summed E-state index contributed by atoms with van der Waals surface area (Å²) in [6.07, 6.45) is 1.17. The Morgan fingerprint density at radius 1 is 1.40 bits per heavy atom. The Morgan fingerprint density at radius 3 is 2.45 bits per heavy atom. The number of aliphatic carboxylic acids is 1. The number of carbonyl (C=O) groups is 1. The summed E-state index contributed by atoms with van der Waals surface area (Å²) in [6, 6.07) is -0.697. The molecule has 0 unspecified atom stereocenters. The molecule has 0 saturated carbocycles. The summed E-state index contributed by atoms with van der Waals surface area (Å²) in [5.74, 6) is -0.560. The molecule has 6 N–H and O–H groups in total. The summed E-state index contributed by atoms with van der Waals surface area (Å²) in [5, 5.41) is 23.5. The molecule has 0 amide bonds. The number of rotatable bonds is 10. The third-order valence-electron chi connectivity index (χ3n) is 2.25. The topological polar surface area (TPSA) is 108 Å². The van der Waals surface area contributed by atoms with Crippen LogP contribution in [0, 0.1) is 0 Å². The van der Waals surface area contributed by atoms with Crippen LogP contribution in [0.3, 0.4) is 0 Å². The molecule has 0 aliphatic rings. The third kappa shape index (κ3) is 9.07. The fraction of sp³-hybridized carbons (Fsp3) is 0.600. The van der Waals surface area contributed by atoms with Crippen LogP contribution in [0.25, 0.3) is 0 Å². The molecule has 114 valence electrons. The molecule has 0 saturated heterocycles. The molecule has 0 aliphatic carbocycles. The van der Waals surface area contributed by atoms with Gasteiger partial charge in [0, 0.05) is 0 Å². The van der Waals surface area contributed by atoms with Crippen molar-refractivity contribution >= 4 is 76.1 Å². The second kappa shape index (κ2) is 10.7. The normalized spacial score (nSPS) is 13.1. The molecule has 0 bridgehead atoms. The van der Waals surface area contributed by atoms with Crippen molar-refractivity contribution < 1.29 is 15.0 Å². The number of aliphatic hydroxyl groups excluding tert-OH is 1. The summed E-state index contributed by atoms with van der Waals surface area (Å²) in [6.45, 7) is -0.229. The Bertz CT molecular complexity index is 396. The van der Waals surface area contributed by atoms with Crippen LogP contribution >= 0.6 is 24.8 Å². The molecular formula is C10H17N3O3S2Se2. The molecular weight excluding hydrogens is 432 g/mol. The van der Waals surface area contributed by atoms with Gasteiger partial charge in [0.2, 0.25) is 0 Å². The van der Waals surface area contributed by atoms with Gasteiger partial charge in [0.05, 0.1) is 0 Å². The monoisotopic (exact) mass is 451 g/mol. The summed E-state index contributed by atoms with van der Waals surface area (Å²) in [4.78, 5) is 10.8. The minimum absolute atomic E-state index is 0.0715. The zero-order valence-corrected chi connectivity index (χ0v) is 15.7. The molecule has 0 spiro atoms. The molecule has 0 aromatic heterocycles. The number of aliphatic hydroxyl groups is 1. The van der Waals surface area contributed by atoms with Gasteiger partial charge in [-0.1, -0.05) is 0 Å². The second-order valence-corrected chi connectivity index (χ2v) is 6.61. The maximum atomic E-state index is 10.5. The van der Waals surface area contributed by atoms with Gasteiger partial charge in [0.1, 0.15) is 0 Å². The van der Waals surface area contributed by atoms with Crippen LogP contribution in [0.5, 0.6) is 0 Å². The summed E-state index contributed by atoms with van der Waals surface area (Å²) in [5.41, 5.74) is 5.68. The molecule has 0 radical (unpaired) electrons. The van der Waals surface area contributed by atoms with E-state index in [0.29, 0.717) is 23.6 Å². The summed E-state index contributed by atoms with van der Waals surface area (Å²) < 4.78 is 0.891. The molecule has 0 rings (SSSR count). The Hall–Kier alpha value is 0.0490. The average Bonchev–Trinajstić information content (AvgIpc) is 2.38. The van der Waals surface area contributed by atoms with E-state index in [0.717, 1.165) is 4.54 Å². The Balaban J connectivity index is 4.21. The Morgan fingerprint density at radius 2 is 2.00 bits per heavy atom. The second-order valence-electron chi connectivity index (χ2n) is 3.90. The quantitative estimate of drug-likeness (QED) is 0.130.